The molecule has 23 nitrogen and oxygen atoms in total. The van der Waals surface area contributed by atoms with Gasteiger partial charge in [0, 0.05) is 68.7 Å². The molecule has 0 aliphatic carbocycles. The number of hydrogen-bond acceptors (Lipinski definition) is 21. The van der Waals surface area contributed by atoms with E-state index in [2.05, 4.69) is 10.5 Å². The van der Waals surface area contributed by atoms with Gasteiger partial charge in [0.25, 0.3) is 10.1 Å². The molecular formula is C53H86N4O19S. The molecule has 3 saturated heterocycles. The third kappa shape index (κ3) is 14.8. The smallest absolute Gasteiger partial charge is 0.341 e. The third-order valence-electron chi connectivity index (χ3n) is 16.1. The Morgan fingerprint density at radius 3 is 2.23 bits per heavy atom. The third-order valence-corrected chi connectivity index (χ3v) is 17.3. The number of nitrogens with zero attached hydrogens (tertiary/aromatic N) is 3. The first-order chi connectivity index (χ1) is 35.9. The highest BCUT2D eigenvalue weighted by molar-refractivity contribution is 7.86. The van der Waals surface area contributed by atoms with Crippen molar-refractivity contribution < 1.29 is 80.9 Å². The average Bonchev–Trinajstić information content (AvgIpc) is 3.36. The molecule has 24 heteroatoms. The number of carboxylic acid groups (broad SMARTS) is 1. The fraction of sp³-hybridized carbons (Fsp3) is 0.792. The summed E-state index contributed by atoms with van der Waals surface area (Å²) < 4.78 is 78.7. The monoisotopic (exact) mass is 1110 g/mol. The highest BCUT2D eigenvalue weighted by Crippen LogP contribution is 2.42. The Labute approximate surface area is 452 Å². The molecule has 1 aromatic heterocycles. The van der Waals surface area contributed by atoms with E-state index in [1.807, 2.05) is 32.8 Å². The highest BCUT2D eigenvalue weighted by atomic mass is 32.2. The van der Waals surface area contributed by atoms with E-state index in [-0.39, 0.29) is 56.0 Å². The minimum absolute atomic E-state index is 0.0241. The first-order valence-electron chi connectivity index (χ1n) is 26.7. The maximum atomic E-state index is 14.5. The van der Waals surface area contributed by atoms with E-state index < -0.39 is 141 Å². The van der Waals surface area contributed by atoms with Gasteiger partial charge in [0.15, 0.2) is 12.6 Å². The number of aromatic nitrogens is 1. The molecule has 5 rings (SSSR count). The average molecular weight is 1120 g/mol. The van der Waals surface area contributed by atoms with Crippen LogP contribution in [0.4, 0.5) is 0 Å². The van der Waals surface area contributed by atoms with Crippen molar-refractivity contribution in [2.24, 2.45) is 28.8 Å². The zero-order valence-corrected chi connectivity index (χ0v) is 47.9. The van der Waals surface area contributed by atoms with Crippen LogP contribution in [-0.4, -0.2) is 192 Å². The van der Waals surface area contributed by atoms with Crippen LogP contribution in [0.5, 0.6) is 5.75 Å². The summed E-state index contributed by atoms with van der Waals surface area (Å²) in [5.74, 6) is -6.09. The number of nitrogens with one attached hydrogen (secondary N) is 1. The molecule has 19 atom stereocenters. The molecule has 1 aromatic carbocycles. The first-order valence-corrected chi connectivity index (χ1v) is 28.3. The van der Waals surface area contributed by atoms with E-state index in [9.17, 15) is 53.2 Å². The molecule has 6 N–H and O–H groups in total. The number of pyridine rings is 1. The van der Waals surface area contributed by atoms with Crippen molar-refractivity contribution in [1.29, 1.82) is 0 Å². The van der Waals surface area contributed by atoms with E-state index in [1.165, 1.54) is 33.2 Å². The Morgan fingerprint density at radius 2 is 1.64 bits per heavy atom. The minimum atomic E-state index is -4.25. The number of carboxylic acids is 1. The molecule has 438 valence electrons. The summed E-state index contributed by atoms with van der Waals surface area (Å²) >= 11 is 0. The predicted octanol–water partition coefficient (Wildman–Crippen LogP) is 3.41. The molecule has 0 radical (unpaired) electrons. The number of benzene rings is 1. The lowest BCUT2D eigenvalue weighted by Gasteiger charge is -2.49. The quantitative estimate of drug-likeness (QED) is 0.0508. The van der Waals surface area contributed by atoms with Crippen molar-refractivity contribution in [2.75, 3.05) is 46.7 Å². The summed E-state index contributed by atoms with van der Waals surface area (Å²) in [4.78, 5) is 53.4. The van der Waals surface area contributed by atoms with Crippen LogP contribution in [0.1, 0.15) is 112 Å². The highest BCUT2D eigenvalue weighted by Gasteiger charge is 2.55. The van der Waals surface area contributed by atoms with Crippen molar-refractivity contribution in [2.45, 2.75) is 199 Å². The van der Waals surface area contributed by atoms with Gasteiger partial charge < -0.3 is 73.5 Å². The first kappa shape index (κ1) is 64.1. The van der Waals surface area contributed by atoms with Crippen LogP contribution in [-0.2, 0) is 54.1 Å². The Balaban J connectivity index is 1.36. The molecule has 4 heterocycles. The van der Waals surface area contributed by atoms with Crippen molar-refractivity contribution >= 4 is 33.0 Å². The molecule has 3 aliphatic heterocycles. The van der Waals surface area contributed by atoms with Gasteiger partial charge in [-0.3, -0.25) is 13.8 Å². The topological polar surface area (TPSA) is 310 Å². The van der Waals surface area contributed by atoms with Crippen molar-refractivity contribution in [3.05, 3.63) is 45.1 Å². The number of esters is 1. The number of hydrogen-bond donors (Lipinski definition) is 6. The van der Waals surface area contributed by atoms with Crippen LogP contribution in [0.25, 0.3) is 10.9 Å². The van der Waals surface area contributed by atoms with Crippen molar-refractivity contribution in [3.8, 4) is 5.75 Å². The summed E-state index contributed by atoms with van der Waals surface area (Å²) in [7, 11) is 0.776. The Bertz CT molecular complexity index is 2490. The van der Waals surface area contributed by atoms with Crippen LogP contribution in [0.3, 0.4) is 0 Å². The Kier molecular flexibility index (Phi) is 21.8. The number of nitroso groups, excluding NO2 is 1. The minimum Gasteiger partial charge on any atom is -0.492 e. The molecule has 2 aromatic rings. The second kappa shape index (κ2) is 26.2. The van der Waals surface area contributed by atoms with E-state index in [0.717, 1.165) is 0 Å². The van der Waals surface area contributed by atoms with Gasteiger partial charge in [-0.05, 0) is 99.9 Å². The molecule has 3 fully saturated rings. The lowest BCUT2D eigenvalue weighted by atomic mass is 9.72. The Hall–Kier alpha value is -3.76. The van der Waals surface area contributed by atoms with Gasteiger partial charge >= 0.3 is 11.9 Å². The summed E-state index contributed by atoms with van der Waals surface area (Å²) in [5.41, 5.74) is -5.77. The summed E-state index contributed by atoms with van der Waals surface area (Å²) in [6.45, 7) is 18.6. The van der Waals surface area contributed by atoms with Crippen LogP contribution >= 0.6 is 0 Å². The predicted molar refractivity (Wildman–Crippen MR) is 283 cm³/mol. The number of aromatic carboxylic acids is 1. The fourth-order valence-electron chi connectivity index (χ4n) is 11.6. The van der Waals surface area contributed by atoms with Crippen molar-refractivity contribution in [3.63, 3.8) is 0 Å². The number of likely N-dealkylation sites (N-methyl/N-ethyl adjacent to an activating group) is 1. The van der Waals surface area contributed by atoms with Crippen LogP contribution in [0.15, 0.2) is 34.4 Å². The zero-order chi connectivity index (χ0) is 57.7. The van der Waals surface area contributed by atoms with Crippen molar-refractivity contribution in [1.82, 2.24) is 14.8 Å². The molecule has 0 bridgehead atoms. The summed E-state index contributed by atoms with van der Waals surface area (Å²) in [6.07, 6.45) is -10.2. The van der Waals surface area contributed by atoms with E-state index in [4.69, 9.17) is 37.3 Å². The normalized spacial score (nSPS) is 38.0. The van der Waals surface area contributed by atoms with Crippen LogP contribution in [0, 0.1) is 28.6 Å². The fourth-order valence-corrected chi connectivity index (χ4v) is 12.8. The van der Waals surface area contributed by atoms with E-state index >= 15 is 0 Å². The van der Waals surface area contributed by atoms with Crippen LogP contribution < -0.4 is 15.5 Å². The number of cyclic esters (lactones) is 1. The lowest BCUT2D eigenvalue weighted by molar-refractivity contribution is -0.316. The van der Waals surface area contributed by atoms with Gasteiger partial charge in [-0.2, -0.15) is 13.3 Å². The second-order valence-electron chi connectivity index (χ2n) is 22.4. The zero-order valence-electron chi connectivity index (χ0n) is 47.1. The number of methoxy groups -OCH3 is 1. The number of aryl methyl sites for hydroxylation is 1. The standard InChI is InChI=1S/C53H86N4O19S/c1-15-39-53(11,65)45(60)30(5)41(55-66)28(3)25-51(9,64)46(75-50-43(59)38(56(12)13)23-29(4)71-50)31(6)44(32(7)49(63)73-39)74-40-26-52(10,69-14)47(33(8)72-40)76-77(67,68)22-20-54-19-21-70-34-17-18-35-37(24-34)57(16-2)27-36(42(35)58)48(61)62/h17-18,24,27-33,38-41,43-47,50,54,59-60,64-65H,15-16,19-23,25-26H2,1-14H3,(H,61,62)/t28-,29-,30+,31+,32-,33+,38+,39-,40+,41?,43-,44+,45-,46-,47+,50+,51-,52-,53-/m1/s1. The number of aliphatic hydroxyl groups excluding tert-OH is 2. The van der Waals surface area contributed by atoms with Gasteiger partial charge in [0.1, 0.15) is 41.8 Å². The summed E-state index contributed by atoms with van der Waals surface area (Å²) in [5, 5.41) is 64.1. The number of carbonyl (C=O) groups is 2. The van der Waals surface area contributed by atoms with Gasteiger partial charge in [-0.1, -0.05) is 32.9 Å². The maximum absolute atomic E-state index is 14.5. The molecule has 3 aliphatic rings. The molecular weight excluding hydrogens is 1030 g/mol. The second-order valence-corrected chi connectivity index (χ2v) is 24.1. The Morgan fingerprint density at radius 1 is 0.961 bits per heavy atom. The molecule has 77 heavy (non-hydrogen) atoms. The maximum Gasteiger partial charge on any atom is 0.341 e. The summed E-state index contributed by atoms with van der Waals surface area (Å²) in [6, 6.07) is 3.15. The van der Waals surface area contributed by atoms with E-state index in [1.54, 1.807) is 65.2 Å². The van der Waals surface area contributed by atoms with E-state index in [0.29, 0.717) is 24.2 Å². The van der Waals surface area contributed by atoms with Gasteiger partial charge in [0.05, 0.1) is 65.0 Å². The number of aliphatic hydroxyl groups is 4. The SMILES string of the molecule is CC[C@H]1OC(=O)[C@H](C)[C@@H](O[C@H]2C[C@@](C)(OC)[C@@H](OS(=O)(=O)CCNCCOc3ccc4c(=O)c(C(=O)O)cn(CC)c4c3)[C@H](C)O2)[C@H](C)[C@@H](O[C@@H]2O[C@H](C)C[C@H](N(C)C)[C@H]2O)[C@](C)(O)C[C@@H](C)C(N=O)[C@H](C)[C@@H](O)[C@]1(C)O. The molecule has 0 amide bonds. The molecule has 0 saturated carbocycles. The van der Waals surface area contributed by atoms with Crippen LogP contribution in [0.2, 0.25) is 0 Å². The van der Waals surface area contributed by atoms with Gasteiger partial charge in [0.2, 0.25) is 5.43 Å². The largest absolute Gasteiger partial charge is 0.492 e. The molecule has 0 spiro atoms. The number of fused-ring (bicyclic) bond motifs is 1. The van der Waals surface area contributed by atoms with Gasteiger partial charge in [-0.25, -0.2) is 4.79 Å². The van der Waals surface area contributed by atoms with Gasteiger partial charge in [-0.15, -0.1) is 0 Å². The number of carbonyl (C=O) groups excluding carboxylic acids is 1. The number of rotatable bonds is 19. The number of ether oxygens (including phenoxy) is 7. The lowest BCUT2D eigenvalue weighted by Crippen LogP contribution is -2.61. The molecule has 1 unspecified atom stereocenters.